The predicted molar refractivity (Wildman–Crippen MR) is 66.2 cm³/mol. The molecule has 1 aromatic carbocycles. The number of carbonyl (C=O) groups excluding carboxylic acids is 1. The largest absolute Gasteiger partial charge is 0.236 e. The van der Waals surface area contributed by atoms with Gasteiger partial charge in [0.25, 0.3) is 0 Å². The maximum Gasteiger partial charge on any atom is 0.236 e. The first-order valence-electron chi connectivity index (χ1n) is 5.25. The van der Waals surface area contributed by atoms with Crippen LogP contribution in [0.15, 0.2) is 35.3 Å². The number of hydrogen-bond donors (Lipinski definition) is 0. The van der Waals surface area contributed by atoms with Crippen LogP contribution in [0, 0.1) is 13.8 Å². The highest BCUT2D eigenvalue weighted by Crippen LogP contribution is 2.34. The van der Waals surface area contributed by atoms with Gasteiger partial charge in [0.15, 0.2) is 0 Å². The summed E-state index contributed by atoms with van der Waals surface area (Å²) in [5.74, 6) is 0. The highest BCUT2D eigenvalue weighted by molar-refractivity contribution is 5.46. The molecule has 2 heteroatoms. The molecule has 84 valence electrons. The van der Waals surface area contributed by atoms with E-state index in [0.29, 0.717) is 0 Å². The molecule has 0 radical (unpaired) electrons. The molecule has 0 bridgehead atoms. The lowest BCUT2D eigenvalue weighted by molar-refractivity contribution is 0.536. The third-order valence-electron chi connectivity index (χ3n) is 3.23. The number of hydrogen-bond acceptors (Lipinski definition) is 2. The molecule has 0 aliphatic rings. The van der Waals surface area contributed by atoms with Crippen molar-refractivity contribution in [2.75, 3.05) is 0 Å². The van der Waals surface area contributed by atoms with Crippen LogP contribution < -0.4 is 0 Å². The Morgan fingerprint density at radius 3 is 2.56 bits per heavy atom. The van der Waals surface area contributed by atoms with Crippen molar-refractivity contribution in [1.29, 1.82) is 0 Å². The Labute approximate surface area is 96.7 Å². The topological polar surface area (TPSA) is 29.4 Å². The van der Waals surface area contributed by atoms with E-state index in [1.165, 1.54) is 5.56 Å². The Bertz CT molecular complexity index is 466. The summed E-state index contributed by atoms with van der Waals surface area (Å²) >= 11 is 0. The lowest BCUT2D eigenvalue weighted by atomic mass is 9.83. The lowest BCUT2D eigenvalue weighted by Gasteiger charge is -2.27. The summed E-state index contributed by atoms with van der Waals surface area (Å²) in [5, 5.41) is 0. The van der Waals surface area contributed by atoms with Gasteiger partial charge in [-0.25, -0.2) is 4.79 Å². The van der Waals surface area contributed by atoms with Crippen LogP contribution in [0.3, 0.4) is 0 Å². The molecule has 0 aliphatic carbocycles. The van der Waals surface area contributed by atoms with Crippen LogP contribution in [0.2, 0.25) is 0 Å². The van der Waals surface area contributed by atoms with Crippen molar-refractivity contribution in [3.8, 4) is 0 Å². The Hall–Kier alpha value is -1.66. The van der Waals surface area contributed by atoms with Crippen molar-refractivity contribution in [1.82, 2.24) is 0 Å². The first kappa shape index (κ1) is 12.4. The van der Waals surface area contributed by atoms with Crippen LogP contribution >= 0.6 is 0 Å². The van der Waals surface area contributed by atoms with Crippen LogP contribution in [0.25, 0.3) is 0 Å². The fraction of sp³-hybridized carbons (Fsp3) is 0.357. The molecule has 0 N–H and O–H groups in total. The second kappa shape index (κ2) is 4.46. The minimum atomic E-state index is -0.669. The van der Waals surface area contributed by atoms with Crippen molar-refractivity contribution < 1.29 is 4.79 Å². The highest BCUT2D eigenvalue weighted by Gasteiger charge is 2.28. The van der Waals surface area contributed by atoms with Gasteiger partial charge >= 0.3 is 0 Å². The molecule has 1 unspecified atom stereocenters. The summed E-state index contributed by atoms with van der Waals surface area (Å²) in [6.07, 6.45) is 1.65. The first-order valence-corrected chi connectivity index (χ1v) is 5.25. The summed E-state index contributed by atoms with van der Waals surface area (Å²) in [4.78, 5) is 14.5. The summed E-state index contributed by atoms with van der Waals surface area (Å²) in [6, 6.07) is 6.00. The number of isocyanates is 1. The van der Waals surface area contributed by atoms with Gasteiger partial charge in [-0.2, -0.15) is 4.99 Å². The third-order valence-corrected chi connectivity index (χ3v) is 3.23. The number of nitrogens with zero attached hydrogens (tertiary/aromatic N) is 1. The van der Waals surface area contributed by atoms with Crippen LogP contribution in [0.5, 0.6) is 0 Å². The zero-order valence-corrected chi connectivity index (χ0v) is 10.3. The van der Waals surface area contributed by atoms with Gasteiger partial charge in [-0.1, -0.05) is 24.8 Å². The molecule has 0 fully saturated rings. The summed E-state index contributed by atoms with van der Waals surface area (Å²) in [7, 11) is 0. The smallest absolute Gasteiger partial charge is 0.211 e. The van der Waals surface area contributed by atoms with E-state index in [1.807, 2.05) is 45.9 Å². The van der Waals surface area contributed by atoms with Crippen LogP contribution in [0.4, 0.5) is 0 Å². The van der Waals surface area contributed by atoms with E-state index in [4.69, 9.17) is 0 Å². The van der Waals surface area contributed by atoms with E-state index >= 15 is 0 Å². The van der Waals surface area contributed by atoms with Crippen molar-refractivity contribution >= 4 is 6.08 Å². The van der Waals surface area contributed by atoms with E-state index in [1.54, 1.807) is 6.08 Å². The van der Waals surface area contributed by atoms with E-state index < -0.39 is 5.54 Å². The molecule has 1 aromatic rings. The average molecular weight is 215 g/mol. The Kier molecular flexibility index (Phi) is 3.46. The molecule has 0 amide bonds. The minimum Gasteiger partial charge on any atom is -0.211 e. The van der Waals surface area contributed by atoms with Gasteiger partial charge in [-0.05, 0) is 50.0 Å². The van der Waals surface area contributed by atoms with Crippen molar-refractivity contribution in [2.24, 2.45) is 4.99 Å². The summed E-state index contributed by atoms with van der Waals surface area (Å²) in [6.45, 7) is 11.8. The van der Waals surface area contributed by atoms with Gasteiger partial charge in [-0.3, -0.25) is 0 Å². The maximum absolute atomic E-state index is 10.6. The second-order valence-corrected chi connectivity index (χ2v) is 4.30. The quantitative estimate of drug-likeness (QED) is 0.431. The Morgan fingerprint density at radius 1 is 1.44 bits per heavy atom. The van der Waals surface area contributed by atoms with Crippen LogP contribution in [-0.2, 0) is 10.3 Å². The molecule has 1 rings (SSSR count). The molecule has 0 spiro atoms. The monoisotopic (exact) mass is 215 g/mol. The van der Waals surface area contributed by atoms with Crippen LogP contribution in [0.1, 0.15) is 30.5 Å². The van der Waals surface area contributed by atoms with Gasteiger partial charge in [0.05, 0.1) is 0 Å². The van der Waals surface area contributed by atoms with Gasteiger partial charge in [0.1, 0.15) is 5.54 Å². The molecule has 1 atom stereocenters. The minimum absolute atomic E-state index is 0.669. The number of aryl methyl sites for hydroxylation is 1. The molecule has 16 heavy (non-hydrogen) atoms. The van der Waals surface area contributed by atoms with E-state index in [2.05, 4.69) is 11.6 Å². The van der Waals surface area contributed by atoms with E-state index in [-0.39, 0.29) is 0 Å². The maximum atomic E-state index is 10.6. The fourth-order valence-electron chi connectivity index (χ4n) is 1.76. The van der Waals surface area contributed by atoms with Gasteiger partial charge < -0.3 is 0 Å². The van der Waals surface area contributed by atoms with Gasteiger partial charge in [0.2, 0.25) is 6.08 Å². The second-order valence-electron chi connectivity index (χ2n) is 4.30. The van der Waals surface area contributed by atoms with Crippen molar-refractivity contribution in [3.05, 3.63) is 47.0 Å². The van der Waals surface area contributed by atoms with E-state index in [0.717, 1.165) is 16.7 Å². The predicted octanol–water partition coefficient (Wildman–Crippen LogP) is 3.43. The van der Waals surface area contributed by atoms with Crippen molar-refractivity contribution in [2.45, 2.75) is 33.2 Å². The number of benzene rings is 1. The van der Waals surface area contributed by atoms with Crippen molar-refractivity contribution in [3.63, 3.8) is 0 Å². The number of rotatable bonds is 3. The molecule has 0 saturated carbocycles. The third kappa shape index (κ3) is 1.98. The molecule has 0 aliphatic heterocycles. The zero-order chi connectivity index (χ0) is 12.3. The Morgan fingerprint density at radius 2 is 2.06 bits per heavy atom. The van der Waals surface area contributed by atoms with Gasteiger partial charge in [-0.15, -0.1) is 0 Å². The van der Waals surface area contributed by atoms with Gasteiger partial charge in [0, 0.05) is 0 Å². The average Bonchev–Trinajstić information content (AvgIpc) is 2.22. The zero-order valence-electron chi connectivity index (χ0n) is 10.3. The molecular weight excluding hydrogens is 198 g/mol. The Balaban J connectivity index is 3.50. The highest BCUT2D eigenvalue weighted by atomic mass is 16.1. The normalized spacial score (nSPS) is 13.8. The lowest BCUT2D eigenvalue weighted by Crippen LogP contribution is -2.21. The fourth-order valence-corrected chi connectivity index (χ4v) is 1.76. The summed E-state index contributed by atoms with van der Waals surface area (Å²) < 4.78 is 0. The molecule has 0 saturated heterocycles. The molecular formula is C14H17NO. The SMILES string of the molecule is C=C(C)C(C)(N=C=O)c1cccc(C)c1C. The standard InChI is InChI=1S/C14H17NO/c1-10(2)14(5,15-9-16)13-8-6-7-11(3)12(13)4/h6-8H,1H2,2-5H3. The van der Waals surface area contributed by atoms with E-state index in [9.17, 15) is 4.79 Å². The molecule has 0 aromatic heterocycles. The molecule has 0 heterocycles. The first-order chi connectivity index (χ1) is 7.43. The number of aliphatic imine (C=N–C) groups is 1. The van der Waals surface area contributed by atoms with Crippen LogP contribution in [-0.4, -0.2) is 6.08 Å². The summed E-state index contributed by atoms with van der Waals surface area (Å²) in [5.41, 5.74) is 3.52. The molecule has 2 nitrogen and oxygen atoms in total.